The number of benzene rings is 1. The molecule has 0 radical (unpaired) electrons. The Labute approximate surface area is 107 Å². The van der Waals surface area contributed by atoms with E-state index in [9.17, 15) is 4.79 Å². The molecule has 0 aliphatic rings. The predicted octanol–water partition coefficient (Wildman–Crippen LogP) is 2.47. The highest BCUT2D eigenvalue weighted by molar-refractivity contribution is 6.31. The van der Waals surface area contributed by atoms with Gasteiger partial charge in [0.05, 0.1) is 5.54 Å². The molecule has 1 aromatic carbocycles. The molecule has 4 heteroatoms. The van der Waals surface area contributed by atoms with Gasteiger partial charge in [-0.1, -0.05) is 43.1 Å². The van der Waals surface area contributed by atoms with Gasteiger partial charge in [-0.25, -0.2) is 0 Å². The summed E-state index contributed by atoms with van der Waals surface area (Å²) in [7, 11) is 0. The molecule has 0 heterocycles. The molecule has 0 fully saturated rings. The van der Waals surface area contributed by atoms with E-state index >= 15 is 0 Å². The number of halogens is 1. The summed E-state index contributed by atoms with van der Waals surface area (Å²) in [6, 6.07) is 7.44. The Hall–Kier alpha value is -1.06. The Kier molecular flexibility index (Phi) is 4.97. The van der Waals surface area contributed by atoms with Crippen LogP contribution >= 0.6 is 11.6 Å². The van der Waals surface area contributed by atoms with Crippen LogP contribution in [0.5, 0.6) is 0 Å². The maximum absolute atomic E-state index is 11.9. The van der Waals surface area contributed by atoms with Crippen molar-refractivity contribution in [2.24, 2.45) is 5.73 Å². The lowest BCUT2D eigenvalue weighted by atomic mass is 9.96. The zero-order valence-corrected chi connectivity index (χ0v) is 11.1. The van der Waals surface area contributed by atoms with E-state index in [1.54, 1.807) is 13.0 Å². The summed E-state index contributed by atoms with van der Waals surface area (Å²) in [5, 5.41) is 3.47. The second kappa shape index (κ2) is 6.03. The van der Waals surface area contributed by atoms with Crippen LogP contribution in [-0.2, 0) is 11.3 Å². The molecule has 1 amide bonds. The third-order valence-corrected chi connectivity index (χ3v) is 3.05. The molecule has 94 valence electrons. The van der Waals surface area contributed by atoms with Gasteiger partial charge < -0.3 is 11.1 Å². The lowest BCUT2D eigenvalue weighted by molar-refractivity contribution is -0.126. The molecular weight excluding hydrogens is 236 g/mol. The van der Waals surface area contributed by atoms with Crippen molar-refractivity contribution in [1.29, 1.82) is 0 Å². The Bertz CT molecular complexity index is 391. The molecule has 1 unspecified atom stereocenters. The van der Waals surface area contributed by atoms with Crippen LogP contribution in [0.4, 0.5) is 0 Å². The Morgan fingerprint density at radius 2 is 2.12 bits per heavy atom. The number of hydrogen-bond acceptors (Lipinski definition) is 2. The molecule has 1 aromatic rings. The summed E-state index contributed by atoms with van der Waals surface area (Å²) in [5.41, 5.74) is 6.02. The molecule has 17 heavy (non-hydrogen) atoms. The van der Waals surface area contributed by atoms with Gasteiger partial charge in [0.2, 0.25) is 5.91 Å². The smallest absolute Gasteiger partial charge is 0.240 e. The Morgan fingerprint density at radius 1 is 1.47 bits per heavy atom. The molecule has 0 aliphatic carbocycles. The van der Waals surface area contributed by atoms with Crippen LogP contribution < -0.4 is 11.1 Å². The lowest BCUT2D eigenvalue weighted by Gasteiger charge is -2.22. The maximum atomic E-state index is 11.9. The first-order valence-electron chi connectivity index (χ1n) is 5.78. The summed E-state index contributed by atoms with van der Waals surface area (Å²) in [4.78, 5) is 11.9. The first-order valence-corrected chi connectivity index (χ1v) is 6.15. The van der Waals surface area contributed by atoms with Crippen LogP contribution in [0, 0.1) is 0 Å². The van der Waals surface area contributed by atoms with Gasteiger partial charge in [0.25, 0.3) is 0 Å². The van der Waals surface area contributed by atoms with E-state index in [-0.39, 0.29) is 5.91 Å². The Balaban J connectivity index is 2.57. The van der Waals surface area contributed by atoms with Crippen molar-refractivity contribution in [2.45, 2.75) is 38.8 Å². The van der Waals surface area contributed by atoms with E-state index in [4.69, 9.17) is 17.3 Å². The molecule has 0 aliphatic heterocycles. The van der Waals surface area contributed by atoms with E-state index in [0.29, 0.717) is 18.0 Å². The van der Waals surface area contributed by atoms with Crippen molar-refractivity contribution in [1.82, 2.24) is 5.32 Å². The van der Waals surface area contributed by atoms with Gasteiger partial charge in [-0.15, -0.1) is 0 Å². The topological polar surface area (TPSA) is 55.1 Å². The second-order valence-corrected chi connectivity index (χ2v) is 4.85. The molecule has 0 bridgehead atoms. The molecule has 1 rings (SSSR count). The fraction of sp³-hybridized carbons (Fsp3) is 0.462. The van der Waals surface area contributed by atoms with E-state index in [2.05, 4.69) is 5.32 Å². The highest BCUT2D eigenvalue weighted by Gasteiger charge is 2.26. The van der Waals surface area contributed by atoms with Gasteiger partial charge in [-0.05, 0) is 25.0 Å². The third kappa shape index (κ3) is 4.02. The maximum Gasteiger partial charge on any atom is 0.240 e. The van der Waals surface area contributed by atoms with Crippen LogP contribution in [0.2, 0.25) is 5.02 Å². The fourth-order valence-corrected chi connectivity index (χ4v) is 1.85. The van der Waals surface area contributed by atoms with E-state index in [1.807, 2.05) is 25.1 Å². The standard InChI is InChI=1S/C13H19ClN2O/c1-3-8-13(2,15)12(17)16-9-10-6-4-5-7-11(10)14/h4-7H,3,8-9,15H2,1-2H3,(H,16,17). The average molecular weight is 255 g/mol. The number of amides is 1. The van der Waals surface area contributed by atoms with E-state index in [1.165, 1.54) is 0 Å². The second-order valence-electron chi connectivity index (χ2n) is 4.44. The molecule has 3 nitrogen and oxygen atoms in total. The molecule has 0 saturated carbocycles. The van der Waals surface area contributed by atoms with Gasteiger partial charge >= 0.3 is 0 Å². The molecule has 1 atom stereocenters. The van der Waals surface area contributed by atoms with E-state index < -0.39 is 5.54 Å². The zero-order chi connectivity index (χ0) is 12.9. The van der Waals surface area contributed by atoms with Crippen molar-refractivity contribution in [2.75, 3.05) is 0 Å². The first-order chi connectivity index (χ1) is 7.97. The minimum Gasteiger partial charge on any atom is -0.350 e. The number of nitrogens with one attached hydrogen (secondary N) is 1. The Morgan fingerprint density at radius 3 is 2.71 bits per heavy atom. The van der Waals surface area contributed by atoms with Gasteiger partial charge in [0, 0.05) is 11.6 Å². The van der Waals surface area contributed by atoms with Crippen LogP contribution in [0.15, 0.2) is 24.3 Å². The number of rotatable bonds is 5. The zero-order valence-electron chi connectivity index (χ0n) is 10.3. The average Bonchev–Trinajstić information content (AvgIpc) is 2.27. The number of carbonyl (C=O) groups is 1. The van der Waals surface area contributed by atoms with Crippen molar-refractivity contribution in [3.63, 3.8) is 0 Å². The summed E-state index contributed by atoms with van der Waals surface area (Å²) >= 11 is 6.00. The summed E-state index contributed by atoms with van der Waals surface area (Å²) in [6.07, 6.45) is 1.55. The van der Waals surface area contributed by atoms with Crippen LogP contribution in [0.3, 0.4) is 0 Å². The third-order valence-electron chi connectivity index (χ3n) is 2.69. The molecule has 0 aromatic heterocycles. The van der Waals surface area contributed by atoms with Crippen molar-refractivity contribution in [3.05, 3.63) is 34.9 Å². The minimum atomic E-state index is -0.810. The van der Waals surface area contributed by atoms with Gasteiger partial charge in [-0.3, -0.25) is 4.79 Å². The van der Waals surface area contributed by atoms with E-state index in [0.717, 1.165) is 12.0 Å². The highest BCUT2D eigenvalue weighted by atomic mass is 35.5. The predicted molar refractivity (Wildman–Crippen MR) is 70.8 cm³/mol. The van der Waals surface area contributed by atoms with Crippen molar-refractivity contribution >= 4 is 17.5 Å². The summed E-state index contributed by atoms with van der Waals surface area (Å²) < 4.78 is 0. The van der Waals surface area contributed by atoms with Crippen molar-refractivity contribution < 1.29 is 4.79 Å². The monoisotopic (exact) mass is 254 g/mol. The van der Waals surface area contributed by atoms with Gasteiger partial charge in [0.1, 0.15) is 0 Å². The minimum absolute atomic E-state index is 0.140. The highest BCUT2D eigenvalue weighted by Crippen LogP contribution is 2.15. The SMILES string of the molecule is CCCC(C)(N)C(=O)NCc1ccccc1Cl. The summed E-state index contributed by atoms with van der Waals surface area (Å²) in [5.74, 6) is -0.140. The quantitative estimate of drug-likeness (QED) is 0.848. The lowest BCUT2D eigenvalue weighted by Crippen LogP contribution is -2.51. The number of nitrogens with two attached hydrogens (primary N) is 1. The number of carbonyl (C=O) groups excluding carboxylic acids is 1. The van der Waals surface area contributed by atoms with Crippen LogP contribution in [0.1, 0.15) is 32.3 Å². The van der Waals surface area contributed by atoms with Crippen LogP contribution in [-0.4, -0.2) is 11.4 Å². The normalized spacial score (nSPS) is 14.1. The number of hydrogen-bond donors (Lipinski definition) is 2. The van der Waals surface area contributed by atoms with Crippen molar-refractivity contribution in [3.8, 4) is 0 Å². The fourth-order valence-electron chi connectivity index (χ4n) is 1.65. The molecule has 0 saturated heterocycles. The molecule has 0 spiro atoms. The van der Waals surface area contributed by atoms with Gasteiger partial charge in [-0.2, -0.15) is 0 Å². The van der Waals surface area contributed by atoms with Gasteiger partial charge in [0.15, 0.2) is 0 Å². The molecular formula is C13H19ClN2O. The van der Waals surface area contributed by atoms with Crippen LogP contribution in [0.25, 0.3) is 0 Å². The largest absolute Gasteiger partial charge is 0.350 e. The molecule has 3 N–H and O–H groups in total. The summed E-state index contributed by atoms with van der Waals surface area (Å²) in [6.45, 7) is 4.17. The first kappa shape index (κ1) is 14.0.